The van der Waals surface area contributed by atoms with E-state index in [0.717, 1.165) is 11.5 Å². The van der Waals surface area contributed by atoms with Crippen LogP contribution in [0.1, 0.15) is 76.3 Å². The molecule has 3 rings (SSSR count). The normalized spacial score (nSPS) is 19.4. The van der Waals surface area contributed by atoms with Crippen LogP contribution in [0, 0.1) is 17.8 Å². The lowest BCUT2D eigenvalue weighted by molar-refractivity contribution is -0.152. The van der Waals surface area contributed by atoms with Crippen LogP contribution >= 0.6 is 0 Å². The van der Waals surface area contributed by atoms with Crippen molar-refractivity contribution in [3.8, 4) is 0 Å². The van der Waals surface area contributed by atoms with Crippen LogP contribution in [0.15, 0.2) is 48.6 Å². The van der Waals surface area contributed by atoms with Gasteiger partial charge in [-0.1, -0.05) is 62.7 Å². The number of fused-ring (bicyclic) bond motifs is 1. The summed E-state index contributed by atoms with van der Waals surface area (Å²) in [6.07, 6.45) is 8.50. The quantitative estimate of drug-likeness (QED) is 0.274. The topological polar surface area (TPSA) is 72.8 Å². The van der Waals surface area contributed by atoms with E-state index >= 15 is 0 Å². The van der Waals surface area contributed by atoms with Crippen molar-refractivity contribution >= 4 is 22.7 Å². The second-order valence-electron chi connectivity index (χ2n) is 10.6. The molecule has 0 amide bonds. The molecule has 1 aliphatic carbocycles. The van der Waals surface area contributed by atoms with Gasteiger partial charge in [-0.25, -0.2) is 4.79 Å². The van der Waals surface area contributed by atoms with Crippen molar-refractivity contribution in [2.45, 2.75) is 71.6 Å². The lowest BCUT2D eigenvalue weighted by Crippen LogP contribution is -2.26. The van der Waals surface area contributed by atoms with E-state index in [1.54, 1.807) is 13.8 Å². The highest BCUT2D eigenvalue weighted by Crippen LogP contribution is 2.38. The van der Waals surface area contributed by atoms with Crippen LogP contribution < -0.4 is 0 Å². The summed E-state index contributed by atoms with van der Waals surface area (Å²) in [7, 11) is 0. The van der Waals surface area contributed by atoms with E-state index in [0.29, 0.717) is 17.9 Å². The minimum Gasteiger partial charge on any atom is -0.465 e. The minimum absolute atomic E-state index is 0.115. The van der Waals surface area contributed by atoms with E-state index in [9.17, 15) is 14.7 Å². The van der Waals surface area contributed by atoms with Gasteiger partial charge in [0.05, 0.1) is 25.7 Å². The molecule has 36 heavy (non-hydrogen) atoms. The van der Waals surface area contributed by atoms with Crippen molar-refractivity contribution in [2.24, 2.45) is 17.8 Å². The van der Waals surface area contributed by atoms with Crippen molar-refractivity contribution in [1.82, 2.24) is 0 Å². The fourth-order valence-corrected chi connectivity index (χ4v) is 5.12. The van der Waals surface area contributed by atoms with Gasteiger partial charge in [0.2, 0.25) is 0 Å². The molecular formula is C31H42O5. The standard InChI is InChI=1S/C31H42O5/c1-5-6-23-7-10-26(11-8-23)28-14-13-27-16-24(9-12-29(27)17-28)15-25(19-35-30(33)21(2)3)20-36-31(34)22(4)18-32/h9,12-14,16-17,22-23,25-26,32H,2,5-8,10-11,15,18-20H2,1,3-4H3. The van der Waals surface area contributed by atoms with Crippen LogP contribution in [0.2, 0.25) is 0 Å². The summed E-state index contributed by atoms with van der Waals surface area (Å²) in [6, 6.07) is 13.3. The van der Waals surface area contributed by atoms with E-state index in [-0.39, 0.29) is 25.7 Å². The molecule has 196 valence electrons. The molecule has 0 radical (unpaired) electrons. The highest BCUT2D eigenvalue weighted by atomic mass is 16.5. The van der Waals surface area contributed by atoms with Gasteiger partial charge in [0.25, 0.3) is 0 Å². The van der Waals surface area contributed by atoms with Crippen molar-refractivity contribution in [3.63, 3.8) is 0 Å². The molecule has 0 spiro atoms. The molecule has 0 aliphatic heterocycles. The summed E-state index contributed by atoms with van der Waals surface area (Å²) in [6.45, 7) is 9.11. The second kappa shape index (κ2) is 13.6. The third kappa shape index (κ3) is 7.92. The summed E-state index contributed by atoms with van der Waals surface area (Å²) >= 11 is 0. The van der Waals surface area contributed by atoms with Crippen molar-refractivity contribution in [3.05, 3.63) is 59.7 Å². The number of ether oxygens (including phenoxy) is 2. The highest BCUT2D eigenvalue weighted by Gasteiger charge is 2.22. The van der Waals surface area contributed by atoms with Gasteiger partial charge in [-0.15, -0.1) is 0 Å². The Morgan fingerprint density at radius 2 is 1.69 bits per heavy atom. The molecule has 1 fully saturated rings. The average Bonchev–Trinajstić information content (AvgIpc) is 2.89. The van der Waals surface area contributed by atoms with Crippen LogP contribution in [0.5, 0.6) is 0 Å². The molecule has 2 aromatic carbocycles. The fourth-order valence-electron chi connectivity index (χ4n) is 5.12. The van der Waals surface area contributed by atoms with E-state index in [2.05, 4.69) is 49.9 Å². The Labute approximate surface area is 215 Å². The minimum atomic E-state index is -0.583. The molecule has 2 aromatic rings. The highest BCUT2D eigenvalue weighted by molar-refractivity contribution is 5.87. The third-order valence-corrected chi connectivity index (χ3v) is 7.40. The first-order valence-corrected chi connectivity index (χ1v) is 13.4. The number of esters is 2. The molecule has 2 atom stereocenters. The van der Waals surface area contributed by atoms with Gasteiger partial charge in [0.1, 0.15) is 0 Å². The predicted molar refractivity (Wildman–Crippen MR) is 144 cm³/mol. The van der Waals surface area contributed by atoms with Crippen LogP contribution in [0.25, 0.3) is 10.8 Å². The molecule has 0 heterocycles. The smallest absolute Gasteiger partial charge is 0.333 e. The first-order valence-electron chi connectivity index (χ1n) is 13.4. The van der Waals surface area contributed by atoms with E-state index in [1.807, 2.05) is 0 Å². The van der Waals surface area contributed by atoms with Crippen LogP contribution in [0.4, 0.5) is 0 Å². The Morgan fingerprint density at radius 1 is 1.03 bits per heavy atom. The number of rotatable bonds is 12. The van der Waals surface area contributed by atoms with Crippen molar-refractivity contribution in [1.29, 1.82) is 0 Å². The maximum atomic E-state index is 12.1. The number of hydrogen-bond donors (Lipinski definition) is 1. The number of carbonyl (C=O) groups is 2. The van der Waals surface area contributed by atoms with Crippen LogP contribution in [0.3, 0.4) is 0 Å². The predicted octanol–water partition coefficient (Wildman–Crippen LogP) is 6.36. The first kappa shape index (κ1) is 27.9. The van der Waals surface area contributed by atoms with Gasteiger partial charge in [0.15, 0.2) is 0 Å². The van der Waals surface area contributed by atoms with E-state index in [4.69, 9.17) is 9.47 Å². The van der Waals surface area contributed by atoms with E-state index < -0.39 is 17.9 Å². The van der Waals surface area contributed by atoms with Gasteiger partial charge >= 0.3 is 11.9 Å². The van der Waals surface area contributed by atoms with Gasteiger partial charge < -0.3 is 14.6 Å². The summed E-state index contributed by atoms with van der Waals surface area (Å²) in [5.74, 6) is -0.125. The average molecular weight is 495 g/mol. The monoisotopic (exact) mass is 494 g/mol. The zero-order chi connectivity index (χ0) is 26.1. The number of hydrogen-bond acceptors (Lipinski definition) is 5. The maximum Gasteiger partial charge on any atom is 0.333 e. The molecular weight excluding hydrogens is 452 g/mol. The van der Waals surface area contributed by atoms with Gasteiger partial charge in [-0.2, -0.15) is 0 Å². The molecule has 5 heteroatoms. The molecule has 1 N–H and O–H groups in total. The SMILES string of the molecule is C=C(C)C(=O)OCC(COC(=O)C(C)CO)Cc1ccc2cc(C3CCC(CCC)CC3)ccc2c1. The largest absolute Gasteiger partial charge is 0.465 e. The maximum absolute atomic E-state index is 12.1. The zero-order valence-electron chi connectivity index (χ0n) is 22.1. The van der Waals surface area contributed by atoms with Crippen LogP contribution in [-0.2, 0) is 25.5 Å². The Kier molecular flexibility index (Phi) is 10.5. The summed E-state index contributed by atoms with van der Waals surface area (Å²) in [5, 5.41) is 11.6. The fraction of sp³-hybridized carbons (Fsp3) is 0.548. The number of carbonyl (C=O) groups excluding carboxylic acids is 2. The Bertz CT molecular complexity index is 1030. The lowest BCUT2D eigenvalue weighted by Gasteiger charge is -2.28. The lowest BCUT2D eigenvalue weighted by atomic mass is 9.77. The van der Waals surface area contributed by atoms with Gasteiger partial charge in [0, 0.05) is 11.5 Å². The van der Waals surface area contributed by atoms with Crippen molar-refractivity contribution in [2.75, 3.05) is 19.8 Å². The Morgan fingerprint density at radius 3 is 2.36 bits per heavy atom. The van der Waals surface area contributed by atoms with Crippen molar-refractivity contribution < 1.29 is 24.2 Å². The second-order valence-corrected chi connectivity index (χ2v) is 10.6. The number of benzene rings is 2. The third-order valence-electron chi connectivity index (χ3n) is 7.40. The number of aliphatic hydroxyl groups excluding tert-OH is 1. The molecule has 0 bridgehead atoms. The van der Waals surface area contributed by atoms with Gasteiger partial charge in [-0.3, -0.25) is 4.79 Å². The first-order chi connectivity index (χ1) is 17.3. The summed E-state index contributed by atoms with van der Waals surface area (Å²) in [4.78, 5) is 24.0. The molecule has 1 saturated carbocycles. The molecule has 0 aromatic heterocycles. The zero-order valence-corrected chi connectivity index (χ0v) is 22.1. The summed E-state index contributed by atoms with van der Waals surface area (Å²) in [5.41, 5.74) is 2.87. The number of aliphatic hydroxyl groups is 1. The van der Waals surface area contributed by atoms with E-state index in [1.165, 1.54) is 54.9 Å². The Hall–Kier alpha value is -2.66. The summed E-state index contributed by atoms with van der Waals surface area (Å²) < 4.78 is 10.8. The van der Waals surface area contributed by atoms with Gasteiger partial charge in [-0.05, 0) is 79.7 Å². The Balaban J connectivity index is 1.67. The molecule has 5 nitrogen and oxygen atoms in total. The molecule has 0 saturated heterocycles. The molecule has 1 aliphatic rings. The molecule has 2 unspecified atom stereocenters. The van der Waals surface area contributed by atoms with Crippen LogP contribution in [-0.4, -0.2) is 36.9 Å².